The Labute approximate surface area is 267 Å². The molecular weight excluding hydrogens is 625 g/mol. The minimum absolute atomic E-state index is 0.0240. The number of amides is 3. The van der Waals surface area contributed by atoms with E-state index in [1.54, 1.807) is 32.6 Å². The van der Waals surface area contributed by atoms with Crippen molar-refractivity contribution in [3.05, 3.63) is 35.9 Å². The molecule has 6 rings (SSSR count). The largest absolute Gasteiger partial charge is 0.474 e. The van der Waals surface area contributed by atoms with Crippen LogP contribution in [0.5, 0.6) is 5.88 Å². The molecule has 3 amide bonds. The van der Waals surface area contributed by atoms with Gasteiger partial charge in [0.05, 0.1) is 25.3 Å². The number of aromatic nitrogens is 2. The number of nitrogens with one attached hydrogen (secondary N) is 2. The number of likely N-dealkylation sites (tertiary alicyclic amines) is 1. The third-order valence-corrected chi connectivity index (χ3v) is 8.16. The minimum atomic E-state index is -2.67. The average Bonchev–Trinajstić information content (AvgIpc) is 2.94. The maximum absolute atomic E-state index is 16.4. The molecule has 1 aromatic carbocycles. The summed E-state index contributed by atoms with van der Waals surface area (Å²) in [6.45, 7) is 6.13. The van der Waals surface area contributed by atoms with Gasteiger partial charge < -0.3 is 19.3 Å². The van der Waals surface area contributed by atoms with Crippen molar-refractivity contribution in [1.82, 2.24) is 14.9 Å². The number of carbonyl (C=O) groups excluding carboxylic acids is 2. The van der Waals surface area contributed by atoms with Crippen molar-refractivity contribution in [3.8, 4) is 17.0 Å². The number of pyridine rings is 2. The van der Waals surface area contributed by atoms with Crippen LogP contribution in [0, 0.1) is 12.7 Å². The summed E-state index contributed by atoms with van der Waals surface area (Å²) in [6, 6.07) is 2.86. The Kier molecular flexibility index (Phi) is 8.02. The highest BCUT2D eigenvalue weighted by Crippen LogP contribution is 2.42. The summed E-state index contributed by atoms with van der Waals surface area (Å²) in [5.74, 6) is -3.37. The van der Waals surface area contributed by atoms with Gasteiger partial charge in [0.2, 0.25) is 5.88 Å². The van der Waals surface area contributed by atoms with E-state index in [9.17, 15) is 28.3 Å². The summed E-state index contributed by atoms with van der Waals surface area (Å²) in [5.41, 5.74) is -0.391. The van der Waals surface area contributed by atoms with Crippen LogP contribution in [0.4, 0.5) is 44.7 Å². The van der Waals surface area contributed by atoms with Gasteiger partial charge in [0.15, 0.2) is 5.82 Å². The topological polar surface area (TPSA) is 155 Å². The van der Waals surface area contributed by atoms with Gasteiger partial charge in [-0.3, -0.25) is 20.4 Å². The van der Waals surface area contributed by atoms with Crippen molar-refractivity contribution in [3.63, 3.8) is 0 Å². The molecule has 3 N–H and O–H groups in total. The Morgan fingerprint density at radius 2 is 1.79 bits per heavy atom. The number of fused-ring (bicyclic) bond motifs is 2. The predicted molar refractivity (Wildman–Crippen MR) is 164 cm³/mol. The van der Waals surface area contributed by atoms with Crippen molar-refractivity contribution in [2.24, 2.45) is 0 Å². The SMILES string of the molecule is Cc1c(-c2cc3cc(NC(=O)OC4CC(N5CC(F)(F)C5)C4)ncc3c(NC(=O)OC(C)(C)C)c2F)cnc2c1N(C(=O)O)CCO2. The van der Waals surface area contributed by atoms with Crippen LogP contribution in [0.2, 0.25) is 0 Å². The minimum Gasteiger partial charge on any atom is -0.474 e. The zero-order valence-electron chi connectivity index (χ0n) is 26.0. The molecule has 3 aliphatic rings. The van der Waals surface area contributed by atoms with Gasteiger partial charge in [-0.15, -0.1) is 0 Å². The van der Waals surface area contributed by atoms with E-state index in [1.807, 2.05) is 0 Å². The van der Waals surface area contributed by atoms with E-state index in [-0.39, 0.29) is 71.9 Å². The first-order valence-corrected chi connectivity index (χ1v) is 14.9. The molecule has 1 aliphatic carbocycles. The van der Waals surface area contributed by atoms with Crippen LogP contribution < -0.4 is 20.3 Å². The molecule has 0 atom stereocenters. The van der Waals surface area contributed by atoms with Crippen LogP contribution >= 0.6 is 0 Å². The average molecular weight is 659 g/mol. The molecule has 0 radical (unpaired) electrons. The van der Waals surface area contributed by atoms with E-state index in [0.29, 0.717) is 23.8 Å². The van der Waals surface area contributed by atoms with Crippen molar-refractivity contribution in [2.75, 3.05) is 41.8 Å². The van der Waals surface area contributed by atoms with Gasteiger partial charge in [-0.1, -0.05) is 0 Å². The van der Waals surface area contributed by atoms with Crippen molar-refractivity contribution in [1.29, 1.82) is 0 Å². The molecule has 13 nitrogen and oxygen atoms in total. The molecular formula is C31H33F3N6O7. The fraction of sp³-hybridized carbons (Fsp3) is 0.452. The number of hydrogen-bond donors (Lipinski definition) is 3. The number of halogens is 3. The molecule has 2 aromatic heterocycles. The molecule has 1 saturated carbocycles. The van der Waals surface area contributed by atoms with Gasteiger partial charge in [-0.2, -0.15) is 0 Å². The molecule has 16 heteroatoms. The second-order valence-corrected chi connectivity index (χ2v) is 12.8. The van der Waals surface area contributed by atoms with Gasteiger partial charge in [-0.25, -0.2) is 37.5 Å². The number of carbonyl (C=O) groups is 3. The second-order valence-electron chi connectivity index (χ2n) is 12.8. The molecule has 3 aromatic rings. The highest BCUT2D eigenvalue weighted by molar-refractivity contribution is 6.04. The number of carboxylic acid groups (broad SMARTS) is 1. The first-order chi connectivity index (χ1) is 22.1. The fourth-order valence-electron chi connectivity index (χ4n) is 5.89. The Hall–Kier alpha value is -4.86. The van der Waals surface area contributed by atoms with Crippen molar-refractivity contribution in [2.45, 2.75) is 64.2 Å². The van der Waals surface area contributed by atoms with Crippen molar-refractivity contribution >= 4 is 46.2 Å². The van der Waals surface area contributed by atoms with Gasteiger partial charge in [-0.05, 0) is 50.8 Å². The molecule has 0 spiro atoms. The number of hydrogen-bond acceptors (Lipinski definition) is 9. The Bertz CT molecular complexity index is 1770. The maximum Gasteiger partial charge on any atom is 0.413 e. The quantitative estimate of drug-likeness (QED) is 0.297. The molecule has 4 heterocycles. The third-order valence-electron chi connectivity index (χ3n) is 8.16. The van der Waals surface area contributed by atoms with Crippen molar-refractivity contribution < 1.29 is 46.9 Å². The lowest BCUT2D eigenvalue weighted by atomic mass is 9.85. The van der Waals surface area contributed by atoms with Gasteiger partial charge >= 0.3 is 18.3 Å². The van der Waals surface area contributed by atoms with Crippen LogP contribution in [0.25, 0.3) is 21.9 Å². The second kappa shape index (κ2) is 11.7. The Morgan fingerprint density at radius 1 is 1.06 bits per heavy atom. The van der Waals surface area contributed by atoms with E-state index in [2.05, 4.69) is 20.6 Å². The third kappa shape index (κ3) is 6.54. The number of anilines is 3. The summed E-state index contributed by atoms with van der Waals surface area (Å²) >= 11 is 0. The number of nitrogens with zero attached hydrogens (tertiary/aromatic N) is 4. The maximum atomic E-state index is 16.4. The molecule has 1 saturated heterocycles. The summed E-state index contributed by atoms with van der Waals surface area (Å²) in [4.78, 5) is 48.6. The van der Waals surface area contributed by atoms with Crippen LogP contribution in [-0.4, -0.2) is 88.2 Å². The number of benzene rings is 1. The molecule has 0 bridgehead atoms. The Balaban J connectivity index is 1.30. The summed E-state index contributed by atoms with van der Waals surface area (Å²) < 4.78 is 59.1. The summed E-state index contributed by atoms with van der Waals surface area (Å²) in [6.07, 6.45) is 0.118. The standard InChI is InChI=1S/C31H33F3N6O7/c1-15-20(11-36-26-25(15)40(29(43)44)5-6-45-26)19-7-16-8-22(35-12-21(16)24(23(19)32)38-28(42)47-30(2,3)4)37-27(41)46-18-9-17(10-18)39-13-31(33,34)14-39/h7-8,11-12,17-18H,5-6,9-10,13-14H2,1-4H3,(H,38,42)(H,43,44)(H,35,37,41). The zero-order chi connectivity index (χ0) is 33.8. The molecule has 2 aliphatic heterocycles. The molecule has 2 fully saturated rings. The molecule has 0 unspecified atom stereocenters. The predicted octanol–water partition coefficient (Wildman–Crippen LogP) is 6.00. The first kappa shape index (κ1) is 32.1. The van der Waals surface area contributed by atoms with E-state index in [0.717, 1.165) is 4.90 Å². The normalized spacial score (nSPS) is 20.3. The van der Waals surface area contributed by atoms with E-state index in [1.165, 1.54) is 24.5 Å². The lowest BCUT2D eigenvalue weighted by molar-refractivity contribution is -0.167. The summed E-state index contributed by atoms with van der Waals surface area (Å²) in [5, 5.41) is 15.3. The van der Waals surface area contributed by atoms with Gasteiger partial charge in [0.25, 0.3) is 5.92 Å². The summed E-state index contributed by atoms with van der Waals surface area (Å²) in [7, 11) is 0. The lowest BCUT2D eigenvalue weighted by Gasteiger charge is -2.49. The van der Waals surface area contributed by atoms with E-state index < -0.39 is 41.7 Å². The molecule has 250 valence electrons. The Morgan fingerprint density at radius 3 is 2.45 bits per heavy atom. The van der Waals surface area contributed by atoms with E-state index in [4.69, 9.17) is 14.2 Å². The monoisotopic (exact) mass is 658 g/mol. The number of ether oxygens (including phenoxy) is 3. The highest BCUT2D eigenvalue weighted by atomic mass is 19.3. The van der Waals surface area contributed by atoms with Gasteiger partial charge in [0, 0.05) is 47.8 Å². The number of alkyl halides is 2. The number of rotatable bonds is 5. The highest BCUT2D eigenvalue weighted by Gasteiger charge is 2.50. The van der Waals surface area contributed by atoms with Crippen LogP contribution in [0.3, 0.4) is 0 Å². The smallest absolute Gasteiger partial charge is 0.413 e. The molecule has 47 heavy (non-hydrogen) atoms. The van der Waals surface area contributed by atoms with E-state index >= 15 is 4.39 Å². The first-order valence-electron chi connectivity index (χ1n) is 14.9. The zero-order valence-corrected chi connectivity index (χ0v) is 26.0. The van der Waals surface area contributed by atoms with Gasteiger partial charge in [0.1, 0.15) is 29.8 Å². The van der Waals surface area contributed by atoms with Crippen LogP contribution in [0.15, 0.2) is 24.5 Å². The lowest BCUT2D eigenvalue weighted by Crippen LogP contribution is -2.63. The van der Waals surface area contributed by atoms with Crippen LogP contribution in [0.1, 0.15) is 39.2 Å². The fourth-order valence-corrected chi connectivity index (χ4v) is 5.89. The van der Waals surface area contributed by atoms with Crippen LogP contribution in [-0.2, 0) is 9.47 Å².